The van der Waals surface area contributed by atoms with Gasteiger partial charge in [-0.05, 0) is 29.4 Å². The normalized spacial score (nSPS) is 23.0. The third-order valence-corrected chi connectivity index (χ3v) is 4.12. The number of amides is 1. The maximum Gasteiger partial charge on any atom is 0.234 e. The standard InChI is InChI=1S/C17H27N3O/c1-13-7-14(2)11-20(10-13)12-16-6-4-3-5-15(16)9-19-17(21)8-18/h3-6,13-14H,7-12,18H2,1-2H3,(H,19,21)/t13-,14+. The highest BCUT2D eigenvalue weighted by Gasteiger charge is 2.22. The molecule has 3 N–H and O–H groups in total. The van der Waals surface area contributed by atoms with Gasteiger partial charge in [-0.15, -0.1) is 0 Å². The van der Waals surface area contributed by atoms with E-state index < -0.39 is 0 Å². The van der Waals surface area contributed by atoms with Crippen LogP contribution in [-0.2, 0) is 17.9 Å². The summed E-state index contributed by atoms with van der Waals surface area (Å²) in [6, 6.07) is 8.34. The van der Waals surface area contributed by atoms with Crippen molar-refractivity contribution in [2.45, 2.75) is 33.4 Å². The first kappa shape index (κ1) is 16.0. The molecule has 0 aromatic heterocycles. The minimum atomic E-state index is -0.106. The molecule has 0 radical (unpaired) electrons. The number of carbonyl (C=O) groups is 1. The SMILES string of the molecule is C[C@@H]1C[C@H](C)CN(Cc2ccccc2CNC(=O)CN)C1. The van der Waals surface area contributed by atoms with Crippen molar-refractivity contribution in [3.8, 4) is 0 Å². The average molecular weight is 289 g/mol. The Kier molecular flexibility index (Phi) is 5.76. The second kappa shape index (κ2) is 7.57. The molecule has 1 fully saturated rings. The third kappa shape index (κ3) is 4.83. The maximum absolute atomic E-state index is 11.3. The first-order valence-electron chi connectivity index (χ1n) is 7.84. The van der Waals surface area contributed by atoms with Gasteiger partial charge in [0.15, 0.2) is 0 Å². The van der Waals surface area contributed by atoms with Crippen LogP contribution in [0.25, 0.3) is 0 Å². The molecule has 1 aliphatic heterocycles. The van der Waals surface area contributed by atoms with Crippen LogP contribution in [-0.4, -0.2) is 30.4 Å². The Balaban J connectivity index is 2.00. The second-order valence-corrected chi connectivity index (χ2v) is 6.39. The molecule has 1 aliphatic rings. The number of benzene rings is 1. The number of nitrogens with two attached hydrogens (primary N) is 1. The van der Waals surface area contributed by atoms with E-state index in [1.54, 1.807) is 0 Å². The summed E-state index contributed by atoms with van der Waals surface area (Å²) in [5.41, 5.74) is 7.82. The number of piperidine rings is 1. The van der Waals surface area contributed by atoms with Crippen LogP contribution in [0.15, 0.2) is 24.3 Å². The van der Waals surface area contributed by atoms with Crippen LogP contribution in [0.2, 0.25) is 0 Å². The molecule has 1 amide bonds. The summed E-state index contributed by atoms with van der Waals surface area (Å²) >= 11 is 0. The number of rotatable bonds is 5. The monoisotopic (exact) mass is 289 g/mol. The molecule has 4 heteroatoms. The molecule has 0 saturated carbocycles. The van der Waals surface area contributed by atoms with Gasteiger partial charge in [0.05, 0.1) is 6.54 Å². The summed E-state index contributed by atoms with van der Waals surface area (Å²) in [6.07, 6.45) is 1.32. The van der Waals surface area contributed by atoms with E-state index in [0.717, 1.165) is 31.5 Å². The van der Waals surface area contributed by atoms with E-state index in [-0.39, 0.29) is 12.5 Å². The Morgan fingerprint density at radius 3 is 2.48 bits per heavy atom. The molecule has 1 heterocycles. The molecule has 0 aliphatic carbocycles. The number of hydrogen-bond donors (Lipinski definition) is 2. The number of nitrogens with zero attached hydrogens (tertiary/aromatic N) is 1. The first-order chi connectivity index (χ1) is 10.1. The van der Waals surface area contributed by atoms with E-state index in [1.807, 2.05) is 6.07 Å². The van der Waals surface area contributed by atoms with Crippen LogP contribution < -0.4 is 11.1 Å². The molecule has 116 valence electrons. The van der Waals surface area contributed by atoms with Gasteiger partial charge in [-0.25, -0.2) is 0 Å². The van der Waals surface area contributed by atoms with Crippen molar-refractivity contribution in [1.29, 1.82) is 0 Å². The van der Waals surface area contributed by atoms with Crippen molar-refractivity contribution in [2.75, 3.05) is 19.6 Å². The molecule has 1 saturated heterocycles. The van der Waals surface area contributed by atoms with Crippen molar-refractivity contribution < 1.29 is 4.79 Å². The summed E-state index contributed by atoms with van der Waals surface area (Å²) in [6.45, 7) is 8.55. The predicted molar refractivity (Wildman–Crippen MR) is 85.6 cm³/mol. The third-order valence-electron chi connectivity index (χ3n) is 4.12. The lowest BCUT2D eigenvalue weighted by Crippen LogP contribution is -2.38. The zero-order valence-corrected chi connectivity index (χ0v) is 13.1. The molecular weight excluding hydrogens is 262 g/mol. The van der Waals surface area contributed by atoms with Gasteiger partial charge in [-0.2, -0.15) is 0 Å². The molecule has 2 atom stereocenters. The maximum atomic E-state index is 11.3. The van der Waals surface area contributed by atoms with E-state index in [2.05, 4.69) is 42.3 Å². The van der Waals surface area contributed by atoms with Crippen LogP contribution in [0.5, 0.6) is 0 Å². The fraction of sp³-hybridized carbons (Fsp3) is 0.588. The fourth-order valence-corrected chi connectivity index (χ4v) is 3.31. The molecule has 0 spiro atoms. The minimum Gasteiger partial charge on any atom is -0.351 e. The van der Waals surface area contributed by atoms with Gasteiger partial charge >= 0.3 is 0 Å². The Bertz CT molecular complexity index is 465. The molecule has 2 rings (SSSR count). The Labute approximate surface area is 127 Å². The Hall–Kier alpha value is -1.39. The fourth-order valence-electron chi connectivity index (χ4n) is 3.31. The Morgan fingerprint density at radius 2 is 1.86 bits per heavy atom. The number of carbonyl (C=O) groups excluding carboxylic acids is 1. The zero-order valence-electron chi connectivity index (χ0n) is 13.1. The molecule has 4 nitrogen and oxygen atoms in total. The number of hydrogen-bond acceptors (Lipinski definition) is 3. The molecular formula is C17H27N3O. The summed E-state index contributed by atoms with van der Waals surface area (Å²) in [5, 5.41) is 2.86. The lowest BCUT2D eigenvalue weighted by molar-refractivity contribution is -0.119. The van der Waals surface area contributed by atoms with E-state index in [4.69, 9.17) is 5.73 Å². The van der Waals surface area contributed by atoms with Crippen LogP contribution in [0, 0.1) is 11.8 Å². The van der Waals surface area contributed by atoms with Gasteiger partial charge in [0.25, 0.3) is 0 Å². The molecule has 0 bridgehead atoms. The van der Waals surface area contributed by atoms with Crippen molar-refractivity contribution in [3.05, 3.63) is 35.4 Å². The smallest absolute Gasteiger partial charge is 0.234 e. The van der Waals surface area contributed by atoms with Gasteiger partial charge in [0.2, 0.25) is 5.91 Å². The predicted octanol–water partition coefficient (Wildman–Crippen LogP) is 1.74. The summed E-state index contributed by atoms with van der Waals surface area (Å²) < 4.78 is 0. The molecule has 1 aromatic carbocycles. The summed E-state index contributed by atoms with van der Waals surface area (Å²) in [4.78, 5) is 13.9. The lowest BCUT2D eigenvalue weighted by Gasteiger charge is -2.35. The highest BCUT2D eigenvalue weighted by atomic mass is 16.1. The van der Waals surface area contributed by atoms with Gasteiger partial charge in [-0.1, -0.05) is 38.1 Å². The molecule has 1 aromatic rings. The quantitative estimate of drug-likeness (QED) is 0.868. The number of likely N-dealkylation sites (tertiary alicyclic amines) is 1. The van der Waals surface area contributed by atoms with Crippen LogP contribution in [0.4, 0.5) is 0 Å². The van der Waals surface area contributed by atoms with Crippen molar-refractivity contribution >= 4 is 5.91 Å². The van der Waals surface area contributed by atoms with E-state index in [9.17, 15) is 4.79 Å². The largest absolute Gasteiger partial charge is 0.351 e. The highest BCUT2D eigenvalue weighted by Crippen LogP contribution is 2.23. The van der Waals surface area contributed by atoms with Crippen LogP contribution >= 0.6 is 0 Å². The van der Waals surface area contributed by atoms with Crippen molar-refractivity contribution in [2.24, 2.45) is 17.6 Å². The van der Waals surface area contributed by atoms with Gasteiger partial charge in [0.1, 0.15) is 0 Å². The average Bonchev–Trinajstić information content (AvgIpc) is 2.45. The number of nitrogens with one attached hydrogen (secondary N) is 1. The van der Waals surface area contributed by atoms with Gasteiger partial charge < -0.3 is 11.1 Å². The van der Waals surface area contributed by atoms with Crippen LogP contribution in [0.3, 0.4) is 0 Å². The van der Waals surface area contributed by atoms with E-state index in [0.29, 0.717) is 6.54 Å². The summed E-state index contributed by atoms with van der Waals surface area (Å²) in [7, 11) is 0. The topological polar surface area (TPSA) is 58.4 Å². The second-order valence-electron chi connectivity index (χ2n) is 6.39. The lowest BCUT2D eigenvalue weighted by atomic mass is 9.91. The highest BCUT2D eigenvalue weighted by molar-refractivity contribution is 5.77. The summed E-state index contributed by atoms with van der Waals surface area (Å²) in [5.74, 6) is 1.42. The van der Waals surface area contributed by atoms with E-state index in [1.165, 1.54) is 17.5 Å². The van der Waals surface area contributed by atoms with Crippen molar-refractivity contribution in [3.63, 3.8) is 0 Å². The first-order valence-corrected chi connectivity index (χ1v) is 7.84. The minimum absolute atomic E-state index is 0.0450. The Morgan fingerprint density at radius 1 is 1.24 bits per heavy atom. The van der Waals surface area contributed by atoms with E-state index >= 15 is 0 Å². The zero-order chi connectivity index (χ0) is 15.2. The molecule has 0 unspecified atom stereocenters. The van der Waals surface area contributed by atoms with Crippen molar-refractivity contribution in [1.82, 2.24) is 10.2 Å². The molecule has 21 heavy (non-hydrogen) atoms. The van der Waals surface area contributed by atoms with Crippen LogP contribution in [0.1, 0.15) is 31.4 Å². The van der Waals surface area contributed by atoms with Gasteiger partial charge in [0, 0.05) is 26.2 Å². The van der Waals surface area contributed by atoms with Gasteiger partial charge in [-0.3, -0.25) is 9.69 Å².